The molecule has 1 aromatic heterocycles. The Bertz CT molecular complexity index is 1200. The zero-order valence-electron chi connectivity index (χ0n) is 17.1. The predicted molar refractivity (Wildman–Crippen MR) is 117 cm³/mol. The van der Waals surface area contributed by atoms with E-state index in [-0.39, 0.29) is 18.3 Å². The van der Waals surface area contributed by atoms with E-state index < -0.39 is 17.2 Å². The number of amides is 1. The first-order chi connectivity index (χ1) is 14.3. The maximum atomic E-state index is 13.1. The number of aromatic nitrogens is 3. The van der Waals surface area contributed by atoms with Crippen molar-refractivity contribution in [2.45, 2.75) is 39.8 Å². The van der Waals surface area contributed by atoms with E-state index in [9.17, 15) is 14.4 Å². The maximum Gasteiger partial charge on any atom is 0.352 e. The summed E-state index contributed by atoms with van der Waals surface area (Å²) in [7, 11) is 0. The van der Waals surface area contributed by atoms with Gasteiger partial charge in [-0.25, -0.2) is 4.79 Å². The number of nitrogens with zero attached hydrogens (tertiary/aromatic N) is 3. The standard InChI is InChI=1S/C22H23ClN4O3/c1-4-15(3)24-20(28)19-21(29)26(13-16-8-6-9-17(23)12-16)22(30)27(25-19)18-10-5-7-14(2)11-18/h5-12,15H,4,13H2,1-3H3,(H,24,28)/t15-/m1/s1. The Kier molecular flexibility index (Phi) is 6.52. The molecule has 1 atom stereocenters. The molecule has 8 heteroatoms. The van der Waals surface area contributed by atoms with Gasteiger partial charge in [0.15, 0.2) is 0 Å². The van der Waals surface area contributed by atoms with Gasteiger partial charge >= 0.3 is 5.69 Å². The number of nitrogens with one attached hydrogen (secondary N) is 1. The van der Waals surface area contributed by atoms with E-state index in [1.165, 1.54) is 0 Å². The van der Waals surface area contributed by atoms with Gasteiger partial charge in [-0.1, -0.05) is 42.8 Å². The highest BCUT2D eigenvalue weighted by Gasteiger charge is 2.21. The molecule has 2 aromatic carbocycles. The number of benzene rings is 2. The van der Waals surface area contributed by atoms with Gasteiger partial charge in [-0.05, 0) is 55.7 Å². The summed E-state index contributed by atoms with van der Waals surface area (Å²) in [6.45, 7) is 5.60. The monoisotopic (exact) mass is 426 g/mol. The van der Waals surface area contributed by atoms with Gasteiger partial charge in [0.2, 0.25) is 5.69 Å². The predicted octanol–water partition coefficient (Wildman–Crippen LogP) is 2.93. The highest BCUT2D eigenvalue weighted by atomic mass is 35.5. The summed E-state index contributed by atoms with van der Waals surface area (Å²) in [5, 5.41) is 7.36. The van der Waals surface area contributed by atoms with Crippen LogP contribution in [0.5, 0.6) is 0 Å². The fourth-order valence-electron chi connectivity index (χ4n) is 2.94. The van der Waals surface area contributed by atoms with Crippen molar-refractivity contribution in [3.63, 3.8) is 0 Å². The molecule has 3 aromatic rings. The lowest BCUT2D eigenvalue weighted by Crippen LogP contribution is -2.47. The molecule has 0 aliphatic rings. The summed E-state index contributed by atoms with van der Waals surface area (Å²) in [5.41, 5.74) is 0.336. The highest BCUT2D eigenvalue weighted by molar-refractivity contribution is 6.30. The van der Waals surface area contributed by atoms with Crippen LogP contribution in [-0.2, 0) is 6.54 Å². The van der Waals surface area contributed by atoms with Gasteiger partial charge in [-0.15, -0.1) is 0 Å². The fraction of sp³-hybridized carbons (Fsp3) is 0.273. The topological polar surface area (TPSA) is 86.0 Å². The van der Waals surface area contributed by atoms with Crippen LogP contribution < -0.4 is 16.6 Å². The summed E-state index contributed by atoms with van der Waals surface area (Å²) in [4.78, 5) is 38.9. The van der Waals surface area contributed by atoms with Crippen molar-refractivity contribution in [2.75, 3.05) is 0 Å². The molecule has 7 nitrogen and oxygen atoms in total. The van der Waals surface area contributed by atoms with Gasteiger partial charge in [0, 0.05) is 11.1 Å². The van der Waals surface area contributed by atoms with E-state index in [1.54, 1.807) is 42.5 Å². The first-order valence-electron chi connectivity index (χ1n) is 9.66. The molecule has 0 unspecified atom stereocenters. The number of rotatable bonds is 6. The smallest absolute Gasteiger partial charge is 0.348 e. The van der Waals surface area contributed by atoms with Gasteiger partial charge in [0.1, 0.15) is 0 Å². The van der Waals surface area contributed by atoms with Crippen molar-refractivity contribution >= 4 is 17.5 Å². The number of carbonyl (C=O) groups excluding carboxylic acids is 1. The third-order valence-corrected chi connectivity index (χ3v) is 4.98. The Morgan fingerprint density at radius 1 is 1.17 bits per heavy atom. The van der Waals surface area contributed by atoms with Crippen LogP contribution in [0, 0.1) is 6.92 Å². The molecule has 1 heterocycles. The third kappa shape index (κ3) is 4.68. The van der Waals surface area contributed by atoms with Crippen LogP contribution >= 0.6 is 11.6 Å². The van der Waals surface area contributed by atoms with Gasteiger partial charge in [-0.3, -0.25) is 14.2 Å². The molecular formula is C22H23ClN4O3. The summed E-state index contributed by atoms with van der Waals surface area (Å²) in [6, 6.07) is 13.9. The molecule has 0 bridgehead atoms. The molecule has 0 radical (unpaired) electrons. The largest absolute Gasteiger partial charge is 0.352 e. The third-order valence-electron chi connectivity index (χ3n) is 4.74. The zero-order valence-corrected chi connectivity index (χ0v) is 17.8. The molecule has 0 saturated carbocycles. The lowest BCUT2D eigenvalue weighted by atomic mass is 10.2. The number of aryl methyl sites for hydroxylation is 1. The van der Waals surface area contributed by atoms with Crippen LogP contribution in [0.15, 0.2) is 58.1 Å². The van der Waals surface area contributed by atoms with E-state index in [2.05, 4.69) is 10.4 Å². The minimum atomic E-state index is -0.746. The van der Waals surface area contributed by atoms with Gasteiger partial charge in [0.25, 0.3) is 11.5 Å². The van der Waals surface area contributed by atoms with Crippen molar-refractivity contribution in [3.05, 3.63) is 91.2 Å². The Hall–Kier alpha value is -3.19. The van der Waals surface area contributed by atoms with Crippen molar-refractivity contribution in [2.24, 2.45) is 0 Å². The summed E-state index contributed by atoms with van der Waals surface area (Å²) < 4.78 is 2.09. The minimum Gasteiger partial charge on any atom is -0.348 e. The first-order valence-corrected chi connectivity index (χ1v) is 10.0. The van der Waals surface area contributed by atoms with Crippen molar-refractivity contribution in [1.29, 1.82) is 0 Å². The number of halogens is 1. The lowest BCUT2D eigenvalue weighted by molar-refractivity contribution is 0.0929. The van der Waals surface area contributed by atoms with Gasteiger partial charge in [-0.2, -0.15) is 9.78 Å². The van der Waals surface area contributed by atoms with E-state index in [0.29, 0.717) is 22.7 Å². The Balaban J connectivity index is 2.20. The van der Waals surface area contributed by atoms with Crippen LogP contribution in [0.2, 0.25) is 5.02 Å². The minimum absolute atomic E-state index is 0.0316. The zero-order chi connectivity index (χ0) is 21.8. The van der Waals surface area contributed by atoms with Crippen LogP contribution in [0.4, 0.5) is 0 Å². The van der Waals surface area contributed by atoms with E-state index in [0.717, 1.165) is 14.8 Å². The average molecular weight is 427 g/mol. The molecule has 0 saturated heterocycles. The molecular weight excluding hydrogens is 404 g/mol. The van der Waals surface area contributed by atoms with Crippen LogP contribution in [0.1, 0.15) is 41.9 Å². The maximum absolute atomic E-state index is 13.1. The second-order valence-electron chi connectivity index (χ2n) is 7.19. The van der Waals surface area contributed by atoms with E-state index in [4.69, 9.17) is 11.6 Å². The summed E-state index contributed by atoms with van der Waals surface area (Å²) >= 11 is 6.04. The average Bonchev–Trinajstić information content (AvgIpc) is 2.71. The number of carbonyl (C=O) groups is 1. The normalized spacial score (nSPS) is 11.9. The van der Waals surface area contributed by atoms with Crippen LogP contribution in [0.3, 0.4) is 0 Å². The SMILES string of the molecule is CC[C@@H](C)NC(=O)c1nn(-c2cccc(C)c2)c(=O)n(Cc2cccc(Cl)c2)c1=O. The van der Waals surface area contributed by atoms with E-state index >= 15 is 0 Å². The lowest BCUT2D eigenvalue weighted by Gasteiger charge is -2.14. The van der Waals surface area contributed by atoms with Crippen molar-refractivity contribution < 1.29 is 4.79 Å². The van der Waals surface area contributed by atoms with Crippen molar-refractivity contribution in [1.82, 2.24) is 19.7 Å². The quantitative estimate of drug-likeness (QED) is 0.656. The molecule has 1 N–H and O–H groups in total. The second kappa shape index (κ2) is 9.09. The second-order valence-corrected chi connectivity index (χ2v) is 7.62. The van der Waals surface area contributed by atoms with Gasteiger partial charge < -0.3 is 5.32 Å². The Labute approximate surface area is 178 Å². The molecule has 1 amide bonds. The molecule has 3 rings (SSSR count). The highest BCUT2D eigenvalue weighted by Crippen LogP contribution is 2.11. The number of hydrogen-bond acceptors (Lipinski definition) is 4. The number of hydrogen-bond donors (Lipinski definition) is 1. The Morgan fingerprint density at radius 3 is 2.57 bits per heavy atom. The Morgan fingerprint density at radius 2 is 1.90 bits per heavy atom. The fourth-order valence-corrected chi connectivity index (χ4v) is 3.15. The molecule has 30 heavy (non-hydrogen) atoms. The van der Waals surface area contributed by atoms with Crippen LogP contribution in [-0.4, -0.2) is 26.3 Å². The van der Waals surface area contributed by atoms with Crippen molar-refractivity contribution in [3.8, 4) is 5.69 Å². The van der Waals surface area contributed by atoms with Crippen LogP contribution in [0.25, 0.3) is 5.69 Å². The van der Waals surface area contributed by atoms with E-state index in [1.807, 2.05) is 26.8 Å². The van der Waals surface area contributed by atoms with Gasteiger partial charge in [0.05, 0.1) is 12.2 Å². The molecule has 156 valence electrons. The molecule has 0 aliphatic carbocycles. The summed E-state index contributed by atoms with van der Waals surface area (Å²) in [5.74, 6) is -0.615. The molecule has 0 fully saturated rings. The molecule has 0 spiro atoms. The molecule has 0 aliphatic heterocycles. The first kappa shape index (κ1) is 21.5. The summed E-state index contributed by atoms with van der Waals surface area (Å²) in [6.07, 6.45) is 0.694.